The lowest BCUT2D eigenvalue weighted by Gasteiger charge is -2.36. The van der Waals surface area contributed by atoms with Gasteiger partial charge in [0.15, 0.2) is 0 Å². The summed E-state index contributed by atoms with van der Waals surface area (Å²) >= 11 is 0. The fourth-order valence-electron chi connectivity index (χ4n) is 1.46. The molecule has 0 aromatic carbocycles. The third-order valence-corrected chi connectivity index (χ3v) is 3.11. The van der Waals surface area contributed by atoms with Gasteiger partial charge in [-0.3, -0.25) is 0 Å². The van der Waals surface area contributed by atoms with Crippen LogP contribution in [0, 0.1) is 10.8 Å². The van der Waals surface area contributed by atoms with Gasteiger partial charge in [0.25, 0.3) is 0 Å². The number of hydrogen-bond acceptors (Lipinski definition) is 1. The molecule has 0 spiro atoms. The van der Waals surface area contributed by atoms with E-state index in [9.17, 15) is 13.2 Å². The molecule has 1 atom stereocenters. The summed E-state index contributed by atoms with van der Waals surface area (Å²) in [7, 11) is 0. The van der Waals surface area contributed by atoms with E-state index in [1.807, 2.05) is 27.7 Å². The van der Waals surface area contributed by atoms with Crippen LogP contribution in [0.1, 0.15) is 54.4 Å². The molecule has 1 nitrogen and oxygen atoms in total. The molecule has 0 bridgehead atoms. The van der Waals surface area contributed by atoms with E-state index in [-0.39, 0.29) is 16.9 Å². The van der Waals surface area contributed by atoms with Gasteiger partial charge in [-0.1, -0.05) is 48.0 Å². The summed E-state index contributed by atoms with van der Waals surface area (Å²) in [5, 5.41) is 0. The van der Waals surface area contributed by atoms with Crippen molar-refractivity contribution in [3.05, 3.63) is 0 Å². The van der Waals surface area contributed by atoms with Gasteiger partial charge in [0, 0.05) is 0 Å². The highest BCUT2D eigenvalue weighted by atomic mass is 19.4. The molecular formula is C13H25F3O. The van der Waals surface area contributed by atoms with Crippen molar-refractivity contribution >= 4 is 0 Å². The normalized spacial score (nSPS) is 16.1. The Hall–Kier alpha value is -0.250. The van der Waals surface area contributed by atoms with Crippen LogP contribution >= 0.6 is 0 Å². The van der Waals surface area contributed by atoms with Crippen LogP contribution in [0.4, 0.5) is 13.2 Å². The lowest BCUT2D eigenvalue weighted by molar-refractivity contribution is -0.199. The molecule has 0 saturated carbocycles. The monoisotopic (exact) mass is 254 g/mol. The van der Waals surface area contributed by atoms with Gasteiger partial charge >= 0.3 is 6.18 Å². The zero-order chi connectivity index (χ0) is 13.9. The van der Waals surface area contributed by atoms with Gasteiger partial charge in [-0.15, -0.1) is 0 Å². The molecule has 4 heteroatoms. The van der Waals surface area contributed by atoms with Gasteiger partial charge in [0.05, 0.1) is 6.10 Å². The first-order valence-electron chi connectivity index (χ1n) is 6.06. The third kappa shape index (κ3) is 7.63. The molecule has 0 N–H and O–H groups in total. The van der Waals surface area contributed by atoms with E-state index in [2.05, 4.69) is 13.8 Å². The van der Waals surface area contributed by atoms with Gasteiger partial charge in [-0.2, -0.15) is 13.2 Å². The van der Waals surface area contributed by atoms with Gasteiger partial charge < -0.3 is 4.74 Å². The largest absolute Gasteiger partial charge is 0.411 e. The van der Waals surface area contributed by atoms with E-state index >= 15 is 0 Å². The Morgan fingerprint density at radius 1 is 1.00 bits per heavy atom. The van der Waals surface area contributed by atoms with Gasteiger partial charge in [-0.05, 0) is 17.3 Å². The van der Waals surface area contributed by atoms with Crippen molar-refractivity contribution in [1.82, 2.24) is 0 Å². The van der Waals surface area contributed by atoms with Crippen LogP contribution in [-0.2, 0) is 4.74 Å². The van der Waals surface area contributed by atoms with E-state index in [1.165, 1.54) is 0 Å². The molecule has 0 rings (SSSR count). The van der Waals surface area contributed by atoms with Crippen molar-refractivity contribution in [2.45, 2.75) is 66.7 Å². The minimum absolute atomic E-state index is 0.00352. The first-order chi connectivity index (χ1) is 7.37. The van der Waals surface area contributed by atoms with Crippen LogP contribution in [0.25, 0.3) is 0 Å². The van der Waals surface area contributed by atoms with Crippen LogP contribution < -0.4 is 0 Å². The molecule has 0 amide bonds. The highest BCUT2D eigenvalue weighted by Crippen LogP contribution is 2.35. The molecule has 0 saturated heterocycles. The van der Waals surface area contributed by atoms with Crippen molar-refractivity contribution in [2.24, 2.45) is 10.8 Å². The summed E-state index contributed by atoms with van der Waals surface area (Å²) in [6, 6.07) is 0. The van der Waals surface area contributed by atoms with Crippen molar-refractivity contribution in [1.29, 1.82) is 0 Å². The van der Waals surface area contributed by atoms with E-state index < -0.39 is 12.8 Å². The Labute approximate surface area is 103 Å². The second kappa shape index (κ2) is 5.59. The Kier molecular flexibility index (Phi) is 5.51. The van der Waals surface area contributed by atoms with Crippen molar-refractivity contribution in [3.63, 3.8) is 0 Å². The summed E-state index contributed by atoms with van der Waals surface area (Å²) in [4.78, 5) is 0. The SMILES string of the molecule is CCC(C)(C)CC(OCC(F)(F)F)C(C)(C)C. The van der Waals surface area contributed by atoms with Crippen LogP contribution in [-0.4, -0.2) is 18.9 Å². The van der Waals surface area contributed by atoms with Crippen molar-refractivity contribution < 1.29 is 17.9 Å². The number of ether oxygens (including phenoxy) is 1. The standard InChI is InChI=1S/C13H25F3O/c1-7-12(5,6)8-10(11(2,3)4)17-9-13(14,15)16/h10H,7-9H2,1-6H3. The number of hydrogen-bond donors (Lipinski definition) is 0. The predicted octanol–water partition coefficient (Wildman–Crippen LogP) is 4.81. The van der Waals surface area contributed by atoms with Crippen molar-refractivity contribution in [3.8, 4) is 0 Å². The molecule has 104 valence electrons. The zero-order valence-electron chi connectivity index (χ0n) is 11.7. The van der Waals surface area contributed by atoms with Gasteiger partial charge in [0.1, 0.15) is 6.61 Å². The third-order valence-electron chi connectivity index (χ3n) is 3.11. The lowest BCUT2D eigenvalue weighted by Crippen LogP contribution is -2.36. The van der Waals surface area contributed by atoms with E-state index in [1.54, 1.807) is 0 Å². The molecule has 1 unspecified atom stereocenters. The van der Waals surface area contributed by atoms with E-state index in [4.69, 9.17) is 4.74 Å². The topological polar surface area (TPSA) is 9.23 Å². The average Bonchev–Trinajstić information content (AvgIpc) is 2.09. The minimum Gasteiger partial charge on any atom is -0.368 e. The summed E-state index contributed by atoms with van der Waals surface area (Å²) in [5.74, 6) is 0. The van der Waals surface area contributed by atoms with Crippen LogP contribution in [0.15, 0.2) is 0 Å². The lowest BCUT2D eigenvalue weighted by atomic mass is 9.76. The summed E-state index contributed by atoms with van der Waals surface area (Å²) in [5.41, 5.74) is -0.277. The number of rotatable bonds is 5. The maximum absolute atomic E-state index is 12.2. The highest BCUT2D eigenvalue weighted by Gasteiger charge is 2.35. The molecule has 0 fully saturated rings. The van der Waals surface area contributed by atoms with Crippen LogP contribution in [0.5, 0.6) is 0 Å². The second-order valence-electron chi connectivity index (χ2n) is 6.50. The number of alkyl halides is 3. The zero-order valence-corrected chi connectivity index (χ0v) is 11.7. The molecule has 0 aromatic rings. The van der Waals surface area contributed by atoms with Crippen LogP contribution in [0.3, 0.4) is 0 Å². The summed E-state index contributed by atoms with van der Waals surface area (Å²) < 4.78 is 41.7. The van der Waals surface area contributed by atoms with Gasteiger partial charge in [-0.25, -0.2) is 0 Å². The van der Waals surface area contributed by atoms with E-state index in [0.717, 1.165) is 6.42 Å². The fourth-order valence-corrected chi connectivity index (χ4v) is 1.46. The van der Waals surface area contributed by atoms with E-state index in [0.29, 0.717) is 6.42 Å². The predicted molar refractivity (Wildman–Crippen MR) is 63.9 cm³/mol. The summed E-state index contributed by atoms with van der Waals surface area (Å²) in [6.07, 6.45) is -3.06. The quantitative estimate of drug-likeness (QED) is 0.684. The second-order valence-corrected chi connectivity index (χ2v) is 6.50. The van der Waals surface area contributed by atoms with Crippen LogP contribution in [0.2, 0.25) is 0 Å². The molecule has 0 radical (unpaired) electrons. The molecular weight excluding hydrogens is 229 g/mol. The molecule has 0 aromatic heterocycles. The fraction of sp³-hybridized carbons (Fsp3) is 1.00. The average molecular weight is 254 g/mol. The molecule has 0 heterocycles. The Morgan fingerprint density at radius 2 is 1.47 bits per heavy atom. The maximum Gasteiger partial charge on any atom is 0.411 e. The molecule has 0 aliphatic carbocycles. The van der Waals surface area contributed by atoms with Gasteiger partial charge in [0.2, 0.25) is 0 Å². The molecule has 0 aliphatic heterocycles. The Balaban J connectivity index is 4.58. The Bertz CT molecular complexity index is 226. The highest BCUT2D eigenvalue weighted by molar-refractivity contribution is 4.81. The first-order valence-corrected chi connectivity index (χ1v) is 6.06. The Morgan fingerprint density at radius 3 is 1.76 bits per heavy atom. The first kappa shape index (κ1) is 16.8. The molecule has 17 heavy (non-hydrogen) atoms. The maximum atomic E-state index is 12.2. The molecule has 0 aliphatic rings. The smallest absolute Gasteiger partial charge is 0.368 e. The number of halogens is 3. The minimum atomic E-state index is -4.25. The van der Waals surface area contributed by atoms with Crippen molar-refractivity contribution in [2.75, 3.05) is 6.61 Å². The summed E-state index contributed by atoms with van der Waals surface area (Å²) in [6.45, 7) is 10.8.